The molecule has 0 atom stereocenters. The highest BCUT2D eigenvalue weighted by Crippen LogP contribution is 2.08. The molecule has 0 aliphatic heterocycles. The van der Waals surface area contributed by atoms with Crippen LogP contribution in [0, 0.1) is 0 Å². The number of hydrogen-bond donors (Lipinski definition) is 0. The minimum absolute atomic E-state index is 0.347. The van der Waals surface area contributed by atoms with Gasteiger partial charge in [-0.3, -0.25) is 0 Å². The highest BCUT2D eigenvalue weighted by atomic mass is 16.6. The second kappa shape index (κ2) is 12.6. The van der Waals surface area contributed by atoms with Gasteiger partial charge in [0.2, 0.25) is 0 Å². The van der Waals surface area contributed by atoms with Crippen molar-refractivity contribution in [1.82, 2.24) is 4.90 Å². The van der Waals surface area contributed by atoms with Crippen LogP contribution < -0.4 is 0 Å². The van der Waals surface area contributed by atoms with Crippen molar-refractivity contribution in [1.29, 1.82) is 0 Å². The molecule has 0 aromatic heterocycles. The van der Waals surface area contributed by atoms with Gasteiger partial charge >= 0.3 is 6.09 Å². The first-order valence-electron chi connectivity index (χ1n) is 7.53. The van der Waals surface area contributed by atoms with Crippen molar-refractivity contribution < 1.29 is 28.5 Å². The lowest BCUT2D eigenvalue weighted by Gasteiger charge is -2.24. The summed E-state index contributed by atoms with van der Waals surface area (Å²) >= 11 is 0. The second-order valence-electron chi connectivity index (χ2n) is 5.73. The van der Waals surface area contributed by atoms with Crippen LogP contribution in [-0.4, -0.2) is 83.5 Å². The van der Waals surface area contributed by atoms with Crippen LogP contribution >= 0.6 is 0 Å². The van der Waals surface area contributed by atoms with E-state index in [2.05, 4.69) is 0 Å². The van der Waals surface area contributed by atoms with E-state index in [0.717, 1.165) is 0 Å². The lowest BCUT2D eigenvalue weighted by molar-refractivity contribution is -0.00177. The Morgan fingerprint density at radius 1 is 0.864 bits per heavy atom. The van der Waals surface area contributed by atoms with Crippen molar-refractivity contribution in [3.63, 3.8) is 0 Å². The summed E-state index contributed by atoms with van der Waals surface area (Å²) in [5.41, 5.74) is -0.481. The first-order chi connectivity index (χ1) is 10.4. The van der Waals surface area contributed by atoms with Gasteiger partial charge in [-0.15, -0.1) is 0 Å². The van der Waals surface area contributed by atoms with E-state index < -0.39 is 5.60 Å². The first kappa shape index (κ1) is 21.1. The highest BCUT2D eigenvalue weighted by Gasteiger charge is 2.19. The lowest BCUT2D eigenvalue weighted by atomic mass is 10.2. The number of likely N-dealkylation sites (N-methyl/N-ethyl adjacent to an activating group) is 1. The van der Waals surface area contributed by atoms with Gasteiger partial charge in [-0.2, -0.15) is 0 Å². The Hall–Kier alpha value is -0.890. The average Bonchev–Trinajstić information content (AvgIpc) is 2.42. The van der Waals surface area contributed by atoms with Gasteiger partial charge in [0.15, 0.2) is 0 Å². The SMILES string of the molecule is COCCOCCOCCOCCN(C)C(=O)OC(C)(C)C. The molecule has 0 bridgehead atoms. The molecule has 0 fully saturated rings. The van der Waals surface area contributed by atoms with Crippen LogP contribution in [-0.2, 0) is 23.7 Å². The highest BCUT2D eigenvalue weighted by molar-refractivity contribution is 5.67. The Kier molecular flexibility index (Phi) is 12.1. The van der Waals surface area contributed by atoms with E-state index in [9.17, 15) is 4.79 Å². The third-order valence-corrected chi connectivity index (χ3v) is 2.45. The van der Waals surface area contributed by atoms with Crippen molar-refractivity contribution in [2.45, 2.75) is 26.4 Å². The number of ether oxygens (including phenoxy) is 5. The molecule has 0 aliphatic rings. The van der Waals surface area contributed by atoms with Gasteiger partial charge in [-0.05, 0) is 20.8 Å². The lowest BCUT2D eigenvalue weighted by Crippen LogP contribution is -2.36. The predicted molar refractivity (Wildman–Crippen MR) is 83.2 cm³/mol. The Morgan fingerprint density at radius 3 is 1.77 bits per heavy atom. The molecule has 0 unspecified atom stereocenters. The molecular weight excluding hydrogens is 290 g/mol. The van der Waals surface area contributed by atoms with Crippen LogP contribution in [0.5, 0.6) is 0 Å². The van der Waals surface area contributed by atoms with E-state index in [1.165, 1.54) is 4.90 Å². The van der Waals surface area contributed by atoms with E-state index in [-0.39, 0.29) is 6.09 Å². The van der Waals surface area contributed by atoms with Crippen LogP contribution in [0.4, 0.5) is 4.79 Å². The van der Waals surface area contributed by atoms with E-state index in [1.54, 1.807) is 14.2 Å². The average molecular weight is 321 g/mol. The van der Waals surface area contributed by atoms with Crippen molar-refractivity contribution in [3.05, 3.63) is 0 Å². The molecule has 0 N–H and O–H groups in total. The zero-order valence-corrected chi connectivity index (χ0v) is 14.6. The van der Waals surface area contributed by atoms with Crippen molar-refractivity contribution >= 4 is 6.09 Å². The standard InChI is InChI=1S/C15H31NO6/c1-15(2,3)22-14(17)16(4)6-7-19-10-11-21-13-12-20-9-8-18-5/h6-13H2,1-5H3. The summed E-state index contributed by atoms with van der Waals surface area (Å²) in [6.45, 7) is 9.68. The number of rotatable bonds is 12. The van der Waals surface area contributed by atoms with Gasteiger partial charge < -0.3 is 28.6 Å². The zero-order valence-electron chi connectivity index (χ0n) is 14.6. The Labute approximate surface area is 133 Å². The van der Waals surface area contributed by atoms with Crippen LogP contribution in [0.2, 0.25) is 0 Å². The molecule has 1 amide bonds. The molecule has 0 saturated heterocycles. The summed E-state index contributed by atoms with van der Waals surface area (Å²) in [6.07, 6.45) is -0.347. The summed E-state index contributed by atoms with van der Waals surface area (Å²) in [4.78, 5) is 13.2. The zero-order chi connectivity index (χ0) is 16.8. The third-order valence-electron chi connectivity index (χ3n) is 2.45. The van der Waals surface area contributed by atoms with Crippen molar-refractivity contribution in [2.24, 2.45) is 0 Å². The maximum atomic E-state index is 11.7. The Balaban J connectivity index is 3.37. The monoisotopic (exact) mass is 321 g/mol. The summed E-state index contributed by atoms with van der Waals surface area (Å²) in [5, 5.41) is 0. The fourth-order valence-electron chi connectivity index (χ4n) is 1.32. The topological polar surface area (TPSA) is 66.5 Å². The van der Waals surface area contributed by atoms with Gasteiger partial charge in [-0.1, -0.05) is 0 Å². The molecule has 0 aromatic rings. The normalized spacial score (nSPS) is 11.5. The number of carbonyl (C=O) groups excluding carboxylic acids is 1. The maximum absolute atomic E-state index is 11.7. The number of methoxy groups -OCH3 is 1. The number of carbonyl (C=O) groups is 1. The van der Waals surface area contributed by atoms with Gasteiger partial charge in [-0.25, -0.2) is 4.79 Å². The summed E-state index contributed by atoms with van der Waals surface area (Å²) < 4.78 is 26.1. The number of nitrogens with zero attached hydrogens (tertiary/aromatic N) is 1. The molecule has 22 heavy (non-hydrogen) atoms. The van der Waals surface area contributed by atoms with Gasteiger partial charge in [0.05, 0.1) is 46.2 Å². The van der Waals surface area contributed by atoms with Crippen LogP contribution in [0.15, 0.2) is 0 Å². The molecule has 0 heterocycles. The van der Waals surface area contributed by atoms with Gasteiger partial charge in [0.25, 0.3) is 0 Å². The molecule has 0 spiro atoms. The van der Waals surface area contributed by atoms with E-state index >= 15 is 0 Å². The van der Waals surface area contributed by atoms with E-state index in [1.807, 2.05) is 20.8 Å². The second-order valence-corrected chi connectivity index (χ2v) is 5.73. The maximum Gasteiger partial charge on any atom is 0.410 e. The molecule has 0 radical (unpaired) electrons. The van der Waals surface area contributed by atoms with Crippen LogP contribution in [0.1, 0.15) is 20.8 Å². The molecule has 0 saturated carbocycles. The van der Waals surface area contributed by atoms with Gasteiger partial charge in [0, 0.05) is 20.7 Å². The third kappa shape index (κ3) is 14.1. The quantitative estimate of drug-likeness (QED) is 0.508. The molecule has 0 aliphatic carbocycles. The molecule has 7 nitrogen and oxygen atoms in total. The summed E-state index contributed by atoms with van der Waals surface area (Å²) in [5.74, 6) is 0. The predicted octanol–water partition coefficient (Wildman–Crippen LogP) is 1.55. The van der Waals surface area contributed by atoms with E-state index in [4.69, 9.17) is 23.7 Å². The minimum Gasteiger partial charge on any atom is -0.444 e. The fourth-order valence-corrected chi connectivity index (χ4v) is 1.32. The molecule has 7 heteroatoms. The molecular formula is C15H31NO6. The number of amides is 1. The van der Waals surface area contributed by atoms with E-state index in [0.29, 0.717) is 52.8 Å². The molecule has 0 rings (SSSR count). The fraction of sp³-hybridized carbons (Fsp3) is 0.933. The Morgan fingerprint density at radius 2 is 1.32 bits per heavy atom. The number of hydrogen-bond acceptors (Lipinski definition) is 6. The molecule has 0 aromatic carbocycles. The smallest absolute Gasteiger partial charge is 0.410 e. The van der Waals surface area contributed by atoms with Crippen molar-refractivity contribution in [2.75, 3.05) is 67.0 Å². The minimum atomic E-state index is -0.481. The largest absolute Gasteiger partial charge is 0.444 e. The van der Waals surface area contributed by atoms with Crippen LogP contribution in [0.25, 0.3) is 0 Å². The van der Waals surface area contributed by atoms with Gasteiger partial charge in [0.1, 0.15) is 5.60 Å². The summed E-state index contributed by atoms with van der Waals surface area (Å²) in [7, 11) is 3.32. The Bertz CT molecular complexity index is 280. The molecule has 132 valence electrons. The van der Waals surface area contributed by atoms with Crippen LogP contribution in [0.3, 0.4) is 0 Å². The van der Waals surface area contributed by atoms with Crippen molar-refractivity contribution in [3.8, 4) is 0 Å². The first-order valence-corrected chi connectivity index (χ1v) is 7.53. The summed E-state index contributed by atoms with van der Waals surface area (Å²) in [6, 6.07) is 0.